The number of hydrogen-bond donors (Lipinski definition) is 2. The van der Waals surface area contributed by atoms with E-state index in [4.69, 9.17) is 16.4 Å². The average Bonchev–Trinajstić information content (AvgIpc) is 3.12. The second kappa shape index (κ2) is 7.86. The Hall–Kier alpha value is -2.50. The highest BCUT2D eigenvalue weighted by molar-refractivity contribution is 6.30. The van der Waals surface area contributed by atoms with Crippen LogP contribution in [0.25, 0.3) is 5.70 Å². The van der Waals surface area contributed by atoms with Crippen molar-refractivity contribution in [3.8, 4) is 0 Å². The molecule has 0 aliphatic carbocycles. The summed E-state index contributed by atoms with van der Waals surface area (Å²) in [6.45, 7) is 3.39. The van der Waals surface area contributed by atoms with Crippen LogP contribution in [-0.2, 0) is 11.3 Å². The molecule has 28 heavy (non-hydrogen) atoms. The number of nitrogens with zero attached hydrogens (tertiary/aromatic N) is 1. The van der Waals surface area contributed by atoms with Crippen molar-refractivity contribution in [2.45, 2.75) is 31.8 Å². The molecule has 0 aromatic heterocycles. The number of hydroxylamine groups is 1. The van der Waals surface area contributed by atoms with Gasteiger partial charge in [-0.05, 0) is 47.9 Å². The lowest BCUT2D eigenvalue weighted by molar-refractivity contribution is -0.0634. The average molecular weight is 398 g/mol. The molecule has 146 valence electrons. The standard InChI is InChI=1S/C22H24ClN3O2/c1-2-16-4-3-5-19(14-16)24-21(27)26-12-10-22(11-13-26)15-20(25-28-22)17-6-8-18(23)9-7-17/h3-9,14-15,25H,2,10-13H2,1H3,(H,24,27). The van der Waals surface area contributed by atoms with E-state index >= 15 is 0 Å². The summed E-state index contributed by atoms with van der Waals surface area (Å²) >= 11 is 5.97. The SMILES string of the molecule is CCc1cccc(NC(=O)N2CCC3(C=C(c4ccc(Cl)cc4)NO3)CC2)c1. The Morgan fingerprint density at radius 3 is 2.68 bits per heavy atom. The van der Waals surface area contributed by atoms with Gasteiger partial charge in [0.2, 0.25) is 0 Å². The number of urea groups is 1. The van der Waals surface area contributed by atoms with E-state index in [0.29, 0.717) is 18.1 Å². The van der Waals surface area contributed by atoms with Crippen LogP contribution in [-0.4, -0.2) is 29.6 Å². The number of aryl methyl sites for hydroxylation is 1. The lowest BCUT2D eigenvalue weighted by Crippen LogP contribution is -2.48. The molecule has 0 saturated carbocycles. The molecular formula is C22H24ClN3O2. The van der Waals surface area contributed by atoms with Crippen molar-refractivity contribution in [2.75, 3.05) is 18.4 Å². The van der Waals surface area contributed by atoms with Crippen molar-refractivity contribution in [3.05, 3.63) is 70.8 Å². The lowest BCUT2D eigenvalue weighted by atomic mass is 9.90. The fourth-order valence-electron chi connectivity index (χ4n) is 3.66. The van der Waals surface area contributed by atoms with Gasteiger partial charge < -0.3 is 10.2 Å². The van der Waals surface area contributed by atoms with Crippen LogP contribution in [0.3, 0.4) is 0 Å². The molecule has 2 aromatic rings. The van der Waals surface area contributed by atoms with E-state index in [0.717, 1.165) is 36.2 Å². The van der Waals surface area contributed by atoms with Gasteiger partial charge in [0.1, 0.15) is 5.60 Å². The van der Waals surface area contributed by atoms with Gasteiger partial charge in [-0.1, -0.05) is 42.8 Å². The molecule has 2 aliphatic rings. The zero-order valence-electron chi connectivity index (χ0n) is 15.9. The van der Waals surface area contributed by atoms with Crippen LogP contribution in [0.4, 0.5) is 10.5 Å². The van der Waals surface area contributed by atoms with Crippen molar-refractivity contribution in [1.82, 2.24) is 10.4 Å². The zero-order chi connectivity index (χ0) is 19.6. The molecule has 2 aromatic carbocycles. The van der Waals surface area contributed by atoms with Gasteiger partial charge in [-0.3, -0.25) is 10.3 Å². The fraction of sp³-hybridized carbons (Fsp3) is 0.318. The molecule has 2 aliphatic heterocycles. The molecular weight excluding hydrogens is 374 g/mol. The third-order valence-corrected chi connectivity index (χ3v) is 5.66. The van der Waals surface area contributed by atoms with Crippen molar-refractivity contribution >= 4 is 29.0 Å². The summed E-state index contributed by atoms with van der Waals surface area (Å²) in [7, 11) is 0. The Balaban J connectivity index is 1.37. The molecule has 4 rings (SSSR count). The molecule has 0 bridgehead atoms. The third-order valence-electron chi connectivity index (χ3n) is 5.41. The number of halogens is 1. The fourth-order valence-corrected chi connectivity index (χ4v) is 3.78. The summed E-state index contributed by atoms with van der Waals surface area (Å²) in [6.07, 6.45) is 4.58. The Morgan fingerprint density at radius 2 is 1.96 bits per heavy atom. The predicted molar refractivity (Wildman–Crippen MR) is 112 cm³/mol. The molecule has 0 atom stereocenters. The van der Waals surface area contributed by atoms with Gasteiger partial charge in [0.25, 0.3) is 0 Å². The minimum atomic E-state index is -0.367. The lowest BCUT2D eigenvalue weighted by Gasteiger charge is -2.36. The summed E-state index contributed by atoms with van der Waals surface area (Å²) in [5.41, 5.74) is 6.72. The van der Waals surface area contributed by atoms with Gasteiger partial charge in [0.05, 0.1) is 5.70 Å². The number of rotatable bonds is 3. The second-order valence-electron chi connectivity index (χ2n) is 7.30. The summed E-state index contributed by atoms with van der Waals surface area (Å²) in [6, 6.07) is 15.6. The molecule has 2 amide bonds. The highest BCUT2D eigenvalue weighted by atomic mass is 35.5. The second-order valence-corrected chi connectivity index (χ2v) is 7.74. The summed E-state index contributed by atoms with van der Waals surface area (Å²) in [5.74, 6) is 0. The number of anilines is 1. The number of benzene rings is 2. The maximum Gasteiger partial charge on any atom is 0.321 e. The number of nitrogens with one attached hydrogen (secondary N) is 2. The van der Waals surface area contributed by atoms with E-state index in [1.165, 1.54) is 5.56 Å². The number of amides is 2. The highest BCUT2D eigenvalue weighted by Crippen LogP contribution is 2.35. The van der Waals surface area contributed by atoms with Crippen LogP contribution in [0.2, 0.25) is 5.02 Å². The molecule has 0 unspecified atom stereocenters. The molecule has 1 saturated heterocycles. The molecule has 0 radical (unpaired) electrons. The Morgan fingerprint density at radius 1 is 1.21 bits per heavy atom. The van der Waals surface area contributed by atoms with E-state index in [2.05, 4.69) is 29.9 Å². The number of hydrogen-bond acceptors (Lipinski definition) is 3. The zero-order valence-corrected chi connectivity index (χ0v) is 16.6. The van der Waals surface area contributed by atoms with Gasteiger partial charge in [0.15, 0.2) is 0 Å². The largest absolute Gasteiger partial charge is 0.324 e. The van der Waals surface area contributed by atoms with E-state index in [1.807, 2.05) is 47.4 Å². The monoisotopic (exact) mass is 397 g/mol. The number of carbonyl (C=O) groups excluding carboxylic acids is 1. The van der Waals surface area contributed by atoms with Crippen LogP contribution >= 0.6 is 11.6 Å². The number of likely N-dealkylation sites (tertiary alicyclic amines) is 1. The van der Waals surface area contributed by atoms with Gasteiger partial charge in [-0.25, -0.2) is 4.79 Å². The Bertz CT molecular complexity index is 887. The van der Waals surface area contributed by atoms with Gasteiger partial charge >= 0.3 is 6.03 Å². The first kappa shape index (κ1) is 18.8. The Labute approximate surface area is 170 Å². The van der Waals surface area contributed by atoms with E-state index in [1.54, 1.807) is 0 Å². The minimum absolute atomic E-state index is 0.0593. The van der Waals surface area contributed by atoms with Crippen molar-refractivity contribution in [1.29, 1.82) is 0 Å². The minimum Gasteiger partial charge on any atom is -0.324 e. The first-order valence-electron chi connectivity index (χ1n) is 9.65. The molecule has 1 fully saturated rings. The molecule has 5 nitrogen and oxygen atoms in total. The van der Waals surface area contributed by atoms with Crippen LogP contribution in [0, 0.1) is 0 Å². The predicted octanol–water partition coefficient (Wildman–Crippen LogP) is 4.84. The van der Waals surface area contributed by atoms with Crippen LogP contribution in [0.1, 0.15) is 30.9 Å². The Kier molecular flexibility index (Phi) is 5.29. The molecule has 2 N–H and O–H groups in total. The van der Waals surface area contributed by atoms with Gasteiger partial charge in [0, 0.05) is 36.6 Å². The smallest absolute Gasteiger partial charge is 0.321 e. The molecule has 1 spiro atoms. The first-order valence-corrected chi connectivity index (χ1v) is 10.0. The normalized spacial score (nSPS) is 17.9. The van der Waals surface area contributed by atoms with E-state index in [-0.39, 0.29) is 11.6 Å². The quantitative estimate of drug-likeness (QED) is 0.778. The first-order chi connectivity index (χ1) is 13.6. The topological polar surface area (TPSA) is 53.6 Å². The summed E-state index contributed by atoms with van der Waals surface area (Å²) in [4.78, 5) is 20.4. The third kappa shape index (κ3) is 4.01. The summed E-state index contributed by atoms with van der Waals surface area (Å²) < 4.78 is 0. The molecule has 2 heterocycles. The van der Waals surface area contributed by atoms with E-state index in [9.17, 15) is 4.79 Å². The maximum absolute atomic E-state index is 12.6. The number of piperidine rings is 1. The highest BCUT2D eigenvalue weighted by Gasteiger charge is 2.39. The van der Waals surface area contributed by atoms with Crippen molar-refractivity contribution < 1.29 is 9.63 Å². The van der Waals surface area contributed by atoms with Crippen LogP contribution in [0.15, 0.2) is 54.6 Å². The maximum atomic E-state index is 12.6. The van der Waals surface area contributed by atoms with Crippen molar-refractivity contribution in [2.24, 2.45) is 0 Å². The van der Waals surface area contributed by atoms with Crippen LogP contribution in [0.5, 0.6) is 0 Å². The molecule has 6 heteroatoms. The van der Waals surface area contributed by atoms with Gasteiger partial charge in [-0.2, -0.15) is 0 Å². The van der Waals surface area contributed by atoms with Gasteiger partial charge in [-0.15, -0.1) is 0 Å². The van der Waals surface area contributed by atoms with E-state index < -0.39 is 0 Å². The van der Waals surface area contributed by atoms with Crippen LogP contribution < -0.4 is 10.8 Å². The number of carbonyl (C=O) groups is 1. The summed E-state index contributed by atoms with van der Waals surface area (Å²) in [5, 5.41) is 3.72. The van der Waals surface area contributed by atoms with Crippen molar-refractivity contribution in [3.63, 3.8) is 0 Å².